The maximum Gasteiger partial charge on any atom is 0.494 e. The summed E-state index contributed by atoms with van der Waals surface area (Å²) in [5.74, 6) is 0.405. The highest BCUT2D eigenvalue weighted by Crippen LogP contribution is 2.37. The van der Waals surface area contributed by atoms with E-state index in [0.29, 0.717) is 5.92 Å². The molecule has 0 N–H and O–H groups in total. The Morgan fingerprint density at radius 2 is 1.74 bits per heavy atom. The fourth-order valence-corrected chi connectivity index (χ4v) is 2.46. The molecule has 0 aliphatic carbocycles. The van der Waals surface area contributed by atoms with Crippen molar-refractivity contribution in [2.45, 2.75) is 51.7 Å². The summed E-state index contributed by atoms with van der Waals surface area (Å²) in [7, 11) is -0.304. The minimum absolute atomic E-state index is 0.298. The molecule has 2 aliphatic rings. The van der Waals surface area contributed by atoms with Gasteiger partial charge in [-0.2, -0.15) is 0 Å². The van der Waals surface area contributed by atoms with E-state index in [1.54, 1.807) is 0 Å². The summed E-state index contributed by atoms with van der Waals surface area (Å²) in [6.45, 7) is 10.4. The van der Waals surface area contributed by atoms with Crippen molar-refractivity contribution in [3.05, 3.63) is 23.8 Å². The summed E-state index contributed by atoms with van der Waals surface area (Å²) in [5, 5.41) is 0. The molecular formula is C15H20BNO2. The van der Waals surface area contributed by atoms with Crippen LogP contribution in [0.1, 0.15) is 46.1 Å². The van der Waals surface area contributed by atoms with Gasteiger partial charge in [0.1, 0.15) is 0 Å². The number of hydrogen-bond acceptors (Lipinski definition) is 3. The molecule has 2 aliphatic heterocycles. The second kappa shape index (κ2) is 3.93. The van der Waals surface area contributed by atoms with Crippen molar-refractivity contribution < 1.29 is 9.31 Å². The highest BCUT2D eigenvalue weighted by atomic mass is 16.7. The lowest BCUT2D eigenvalue weighted by Gasteiger charge is -2.32. The monoisotopic (exact) mass is 257 g/mol. The molecule has 19 heavy (non-hydrogen) atoms. The van der Waals surface area contributed by atoms with Gasteiger partial charge < -0.3 is 9.31 Å². The third-order valence-corrected chi connectivity index (χ3v) is 4.51. The van der Waals surface area contributed by atoms with Gasteiger partial charge in [-0.1, -0.05) is 19.1 Å². The van der Waals surface area contributed by atoms with E-state index in [-0.39, 0.29) is 18.3 Å². The predicted octanol–water partition coefficient (Wildman–Crippen LogP) is 2.81. The molecule has 0 amide bonds. The lowest BCUT2D eigenvalue weighted by atomic mass is 9.78. The van der Waals surface area contributed by atoms with Crippen LogP contribution in [0.2, 0.25) is 0 Å². The third-order valence-electron chi connectivity index (χ3n) is 4.51. The summed E-state index contributed by atoms with van der Waals surface area (Å²) >= 11 is 0. The van der Waals surface area contributed by atoms with Gasteiger partial charge in [0.15, 0.2) is 0 Å². The Hall–Kier alpha value is -1.13. The van der Waals surface area contributed by atoms with Crippen molar-refractivity contribution in [3.63, 3.8) is 0 Å². The number of hydrogen-bond donors (Lipinski definition) is 0. The SMILES string of the molecule is CC1C=Nc2cc(B3OC(C)(C)C(C)(C)O3)ccc21. The number of nitrogens with zero attached hydrogens (tertiary/aromatic N) is 1. The molecule has 1 saturated heterocycles. The molecule has 0 saturated carbocycles. The van der Waals surface area contributed by atoms with Crippen LogP contribution in [-0.4, -0.2) is 24.5 Å². The van der Waals surface area contributed by atoms with Crippen molar-refractivity contribution in [1.29, 1.82) is 0 Å². The van der Waals surface area contributed by atoms with Crippen LogP contribution in [-0.2, 0) is 9.31 Å². The Labute approximate surface area is 115 Å². The molecule has 100 valence electrons. The normalized spacial score (nSPS) is 26.8. The maximum absolute atomic E-state index is 6.06. The van der Waals surface area contributed by atoms with Gasteiger partial charge in [0.2, 0.25) is 0 Å². The summed E-state index contributed by atoms with van der Waals surface area (Å²) in [6.07, 6.45) is 1.98. The zero-order valence-corrected chi connectivity index (χ0v) is 12.2. The highest BCUT2D eigenvalue weighted by molar-refractivity contribution is 6.62. The number of aliphatic imine (C=N–C) groups is 1. The first-order valence-electron chi connectivity index (χ1n) is 6.84. The highest BCUT2D eigenvalue weighted by Gasteiger charge is 2.51. The first kappa shape index (κ1) is 12.9. The Morgan fingerprint density at radius 3 is 2.37 bits per heavy atom. The van der Waals surface area contributed by atoms with E-state index in [9.17, 15) is 0 Å². The van der Waals surface area contributed by atoms with Crippen molar-refractivity contribution in [3.8, 4) is 0 Å². The quantitative estimate of drug-likeness (QED) is 0.724. The number of benzene rings is 1. The van der Waals surface area contributed by atoms with Gasteiger partial charge in [-0.05, 0) is 44.8 Å². The van der Waals surface area contributed by atoms with Crippen molar-refractivity contribution >= 4 is 24.5 Å². The fourth-order valence-electron chi connectivity index (χ4n) is 2.46. The number of rotatable bonds is 1. The second-order valence-corrected chi connectivity index (χ2v) is 6.47. The molecule has 4 heteroatoms. The van der Waals surface area contributed by atoms with Crippen molar-refractivity contribution in [1.82, 2.24) is 0 Å². The average molecular weight is 257 g/mol. The minimum atomic E-state index is -0.304. The standard InChI is InChI=1S/C15H20BNO2/c1-10-9-17-13-8-11(6-7-12(10)13)16-18-14(2,3)15(4,5)19-16/h6-10H,1-5H3. The zero-order chi connectivity index (χ0) is 13.8. The van der Waals surface area contributed by atoms with Crippen molar-refractivity contribution in [2.75, 3.05) is 0 Å². The maximum atomic E-state index is 6.06. The van der Waals surface area contributed by atoms with Crippen LogP contribution in [0.5, 0.6) is 0 Å². The first-order chi connectivity index (χ1) is 8.80. The van der Waals surface area contributed by atoms with E-state index in [2.05, 4.69) is 57.8 Å². The predicted molar refractivity (Wildman–Crippen MR) is 78.7 cm³/mol. The molecule has 1 aromatic rings. The fraction of sp³-hybridized carbons (Fsp3) is 0.533. The molecule has 1 aromatic carbocycles. The van der Waals surface area contributed by atoms with Gasteiger partial charge in [0.25, 0.3) is 0 Å². The lowest BCUT2D eigenvalue weighted by molar-refractivity contribution is 0.00578. The van der Waals surface area contributed by atoms with Gasteiger partial charge in [-0.3, -0.25) is 4.99 Å². The summed E-state index contributed by atoms with van der Waals surface area (Å²) in [4.78, 5) is 4.45. The summed E-state index contributed by atoms with van der Waals surface area (Å²) < 4.78 is 12.1. The molecule has 0 bridgehead atoms. The minimum Gasteiger partial charge on any atom is -0.399 e. The van der Waals surface area contributed by atoms with E-state index in [1.165, 1.54) is 5.56 Å². The van der Waals surface area contributed by atoms with Gasteiger partial charge >= 0.3 is 7.12 Å². The van der Waals surface area contributed by atoms with E-state index >= 15 is 0 Å². The summed E-state index contributed by atoms with van der Waals surface area (Å²) in [5.41, 5.74) is 2.77. The molecular weight excluding hydrogens is 237 g/mol. The van der Waals surface area contributed by atoms with Gasteiger partial charge in [-0.25, -0.2) is 0 Å². The van der Waals surface area contributed by atoms with Crippen LogP contribution in [0.4, 0.5) is 5.69 Å². The van der Waals surface area contributed by atoms with Gasteiger partial charge in [-0.15, -0.1) is 0 Å². The number of fused-ring (bicyclic) bond motifs is 1. The molecule has 0 spiro atoms. The van der Waals surface area contributed by atoms with E-state index in [4.69, 9.17) is 9.31 Å². The zero-order valence-electron chi connectivity index (χ0n) is 12.2. The van der Waals surface area contributed by atoms with Gasteiger partial charge in [0.05, 0.1) is 16.9 Å². The molecule has 0 aromatic heterocycles. The largest absolute Gasteiger partial charge is 0.494 e. The molecule has 2 heterocycles. The van der Waals surface area contributed by atoms with E-state index in [1.807, 2.05) is 6.21 Å². The van der Waals surface area contributed by atoms with Crippen LogP contribution >= 0.6 is 0 Å². The average Bonchev–Trinajstić information content (AvgIpc) is 2.78. The Morgan fingerprint density at radius 1 is 1.11 bits per heavy atom. The van der Waals surface area contributed by atoms with E-state index in [0.717, 1.165) is 11.2 Å². The third kappa shape index (κ3) is 1.94. The molecule has 3 rings (SSSR count). The molecule has 1 atom stereocenters. The van der Waals surface area contributed by atoms with Crippen molar-refractivity contribution in [2.24, 2.45) is 4.99 Å². The van der Waals surface area contributed by atoms with Crippen LogP contribution in [0.25, 0.3) is 0 Å². The van der Waals surface area contributed by atoms with Crippen LogP contribution in [0, 0.1) is 0 Å². The van der Waals surface area contributed by atoms with Gasteiger partial charge in [0, 0.05) is 12.1 Å². The smallest absolute Gasteiger partial charge is 0.399 e. The van der Waals surface area contributed by atoms with Crippen LogP contribution in [0.15, 0.2) is 23.2 Å². The second-order valence-electron chi connectivity index (χ2n) is 6.47. The Kier molecular flexibility index (Phi) is 2.67. The van der Waals surface area contributed by atoms with Crippen LogP contribution in [0.3, 0.4) is 0 Å². The Bertz CT molecular complexity index is 535. The van der Waals surface area contributed by atoms with E-state index < -0.39 is 0 Å². The topological polar surface area (TPSA) is 30.8 Å². The molecule has 1 fully saturated rings. The molecule has 3 nitrogen and oxygen atoms in total. The Balaban J connectivity index is 1.91. The van der Waals surface area contributed by atoms with Crippen LogP contribution < -0.4 is 5.46 Å². The summed E-state index contributed by atoms with van der Waals surface area (Å²) in [6, 6.07) is 6.30. The molecule has 1 unspecified atom stereocenters. The molecule has 0 radical (unpaired) electrons. The lowest BCUT2D eigenvalue weighted by Crippen LogP contribution is -2.41. The first-order valence-corrected chi connectivity index (χ1v) is 6.84.